The third-order valence-corrected chi connectivity index (χ3v) is 5.59. The van der Waals surface area contributed by atoms with Gasteiger partial charge in [-0.15, -0.1) is 0 Å². The van der Waals surface area contributed by atoms with Crippen molar-refractivity contribution < 1.29 is 4.79 Å². The second kappa shape index (κ2) is 8.53. The normalized spacial score (nSPS) is 12.3. The molecule has 1 N–H and O–H groups in total. The van der Waals surface area contributed by atoms with Gasteiger partial charge in [-0.3, -0.25) is 9.59 Å². The van der Waals surface area contributed by atoms with Gasteiger partial charge < -0.3 is 9.88 Å². The number of hydrogen-bond acceptors (Lipinski definition) is 3. The molecule has 1 atom stereocenters. The molecule has 1 amide bonds. The number of rotatable bonds is 7. The first-order valence-electron chi connectivity index (χ1n) is 10.4. The van der Waals surface area contributed by atoms with Crippen LogP contribution in [0, 0.1) is 0 Å². The van der Waals surface area contributed by atoms with E-state index in [1.807, 2.05) is 54.0 Å². The van der Waals surface area contributed by atoms with Crippen LogP contribution in [0.15, 0.2) is 65.6 Å². The Morgan fingerprint density at radius 1 is 1.07 bits per heavy atom. The molecule has 0 radical (unpaired) electrons. The van der Waals surface area contributed by atoms with Crippen molar-refractivity contribution in [3.8, 4) is 0 Å². The van der Waals surface area contributed by atoms with Gasteiger partial charge in [-0.2, -0.15) is 5.10 Å². The molecule has 2 heterocycles. The third kappa shape index (κ3) is 3.61. The van der Waals surface area contributed by atoms with E-state index in [1.165, 1.54) is 10.2 Å². The fourth-order valence-corrected chi connectivity index (χ4v) is 4.06. The molecule has 0 saturated heterocycles. The summed E-state index contributed by atoms with van der Waals surface area (Å²) in [4.78, 5) is 26.0. The van der Waals surface area contributed by atoms with E-state index in [1.54, 1.807) is 13.2 Å². The predicted molar refractivity (Wildman–Crippen MR) is 120 cm³/mol. The zero-order chi connectivity index (χ0) is 21.1. The van der Waals surface area contributed by atoms with Crippen LogP contribution < -0.4 is 10.9 Å². The Hall–Kier alpha value is -3.41. The monoisotopic (exact) mass is 402 g/mol. The van der Waals surface area contributed by atoms with Crippen LogP contribution in [0.2, 0.25) is 0 Å². The van der Waals surface area contributed by atoms with E-state index in [-0.39, 0.29) is 11.5 Å². The highest BCUT2D eigenvalue weighted by Gasteiger charge is 2.25. The molecule has 4 rings (SSSR count). The lowest BCUT2D eigenvalue weighted by atomic mass is 10.1. The molecule has 0 aliphatic carbocycles. The molecule has 0 saturated carbocycles. The maximum atomic E-state index is 13.1. The number of carbonyl (C=O) groups is 1. The van der Waals surface area contributed by atoms with Crippen molar-refractivity contribution in [3.63, 3.8) is 0 Å². The van der Waals surface area contributed by atoms with Crippen LogP contribution in [0.5, 0.6) is 0 Å². The minimum atomic E-state index is -0.459. The lowest BCUT2D eigenvalue weighted by Gasteiger charge is -2.19. The van der Waals surface area contributed by atoms with Gasteiger partial charge in [0.1, 0.15) is 11.6 Å². The third-order valence-electron chi connectivity index (χ3n) is 5.59. The highest BCUT2D eigenvalue weighted by Crippen LogP contribution is 2.30. The van der Waals surface area contributed by atoms with Crippen LogP contribution in [-0.2, 0) is 18.3 Å². The first-order valence-corrected chi connectivity index (χ1v) is 10.4. The van der Waals surface area contributed by atoms with Crippen LogP contribution >= 0.6 is 0 Å². The van der Waals surface area contributed by atoms with Gasteiger partial charge in [-0.05, 0) is 30.9 Å². The van der Waals surface area contributed by atoms with Crippen molar-refractivity contribution in [1.29, 1.82) is 0 Å². The van der Waals surface area contributed by atoms with Gasteiger partial charge in [0.15, 0.2) is 0 Å². The van der Waals surface area contributed by atoms with Crippen LogP contribution in [0.3, 0.4) is 0 Å². The second-order valence-electron chi connectivity index (χ2n) is 7.53. The minimum Gasteiger partial charge on any atom is -0.354 e. The lowest BCUT2D eigenvalue weighted by Crippen LogP contribution is -2.34. The first kappa shape index (κ1) is 19.9. The molecular weight excluding hydrogens is 376 g/mol. The number of amides is 1. The molecule has 6 nitrogen and oxygen atoms in total. The number of para-hydroxylation sites is 1. The van der Waals surface area contributed by atoms with Gasteiger partial charge in [-0.1, -0.05) is 55.5 Å². The minimum absolute atomic E-state index is 0.0629. The van der Waals surface area contributed by atoms with Gasteiger partial charge in [0, 0.05) is 24.4 Å². The zero-order valence-corrected chi connectivity index (χ0v) is 17.3. The molecule has 0 aliphatic heterocycles. The molecule has 2 aromatic heterocycles. The molecule has 0 unspecified atom stereocenters. The molecule has 6 heteroatoms. The summed E-state index contributed by atoms with van der Waals surface area (Å²) in [6.45, 7) is 2.57. The van der Waals surface area contributed by atoms with E-state index in [9.17, 15) is 9.59 Å². The van der Waals surface area contributed by atoms with Crippen LogP contribution in [0.25, 0.3) is 21.8 Å². The predicted octanol–water partition coefficient (Wildman–Crippen LogP) is 3.59. The standard InChI is InChI=1S/C24H26N4O2/c1-3-20(23(29)25-15-9-12-17-10-5-4-6-11-17)28-21-14-8-7-13-18(21)19-16-26-27(2)24(30)22(19)28/h4-8,10-11,13-14,16,20H,3,9,12,15H2,1-2H3,(H,25,29)/t20-/m1/s1. The number of hydrogen-bond donors (Lipinski definition) is 1. The van der Waals surface area contributed by atoms with Crippen LogP contribution in [-0.4, -0.2) is 26.8 Å². The average molecular weight is 402 g/mol. The highest BCUT2D eigenvalue weighted by molar-refractivity contribution is 6.08. The summed E-state index contributed by atoms with van der Waals surface area (Å²) in [5.74, 6) is -0.0629. The Kier molecular flexibility index (Phi) is 5.65. The summed E-state index contributed by atoms with van der Waals surface area (Å²) in [5.41, 5.74) is 2.47. The van der Waals surface area contributed by atoms with Gasteiger partial charge >= 0.3 is 0 Å². The van der Waals surface area contributed by atoms with Gasteiger partial charge in [0.25, 0.3) is 5.56 Å². The summed E-state index contributed by atoms with van der Waals surface area (Å²) < 4.78 is 3.21. The fourth-order valence-electron chi connectivity index (χ4n) is 4.06. The van der Waals surface area contributed by atoms with E-state index in [2.05, 4.69) is 22.5 Å². The number of aryl methyl sites for hydroxylation is 2. The Bertz CT molecular complexity index is 1240. The quantitative estimate of drug-likeness (QED) is 0.480. The van der Waals surface area contributed by atoms with E-state index < -0.39 is 6.04 Å². The van der Waals surface area contributed by atoms with Crippen molar-refractivity contribution >= 4 is 27.7 Å². The van der Waals surface area contributed by atoms with Crippen LogP contribution in [0.1, 0.15) is 31.4 Å². The zero-order valence-electron chi connectivity index (χ0n) is 17.3. The van der Waals surface area contributed by atoms with E-state index >= 15 is 0 Å². The molecule has 0 bridgehead atoms. The number of nitrogens with one attached hydrogen (secondary N) is 1. The van der Waals surface area contributed by atoms with E-state index in [4.69, 9.17) is 0 Å². The number of carbonyl (C=O) groups excluding carboxylic acids is 1. The lowest BCUT2D eigenvalue weighted by molar-refractivity contribution is -0.124. The number of benzene rings is 2. The molecule has 0 aliphatic rings. The Balaban J connectivity index is 1.62. The van der Waals surface area contributed by atoms with Gasteiger partial charge in [0.2, 0.25) is 5.91 Å². The summed E-state index contributed by atoms with van der Waals surface area (Å²) in [6, 6.07) is 17.6. The maximum absolute atomic E-state index is 13.1. The van der Waals surface area contributed by atoms with Crippen molar-refractivity contribution in [2.75, 3.05) is 6.54 Å². The summed E-state index contributed by atoms with van der Waals surface area (Å²) in [7, 11) is 1.63. The van der Waals surface area contributed by atoms with Crippen molar-refractivity contribution in [2.45, 2.75) is 32.2 Å². The van der Waals surface area contributed by atoms with Crippen molar-refractivity contribution in [3.05, 3.63) is 76.7 Å². The van der Waals surface area contributed by atoms with Crippen LogP contribution in [0.4, 0.5) is 0 Å². The molecule has 2 aromatic carbocycles. The van der Waals surface area contributed by atoms with E-state index in [0.29, 0.717) is 18.5 Å². The van der Waals surface area contributed by atoms with Gasteiger partial charge in [-0.25, -0.2) is 4.68 Å². The fraction of sp³-hybridized carbons (Fsp3) is 0.292. The second-order valence-corrected chi connectivity index (χ2v) is 7.53. The SMILES string of the molecule is CC[C@H](C(=O)NCCCc1ccccc1)n1c2ccccc2c2cnn(C)c(=O)c21. The Morgan fingerprint density at radius 2 is 1.80 bits per heavy atom. The average Bonchev–Trinajstić information content (AvgIpc) is 3.10. The van der Waals surface area contributed by atoms with Gasteiger partial charge in [0.05, 0.1) is 11.7 Å². The molecule has 30 heavy (non-hydrogen) atoms. The summed E-state index contributed by atoms with van der Waals surface area (Å²) in [5, 5.41) is 8.97. The molecule has 0 fully saturated rings. The van der Waals surface area contributed by atoms with E-state index in [0.717, 1.165) is 29.1 Å². The molecule has 4 aromatic rings. The summed E-state index contributed by atoms with van der Waals surface area (Å²) in [6.07, 6.45) is 4.08. The first-order chi connectivity index (χ1) is 14.6. The Labute approximate surface area is 175 Å². The number of nitrogens with zero attached hydrogens (tertiary/aromatic N) is 3. The maximum Gasteiger partial charge on any atom is 0.291 e. The molecule has 154 valence electrons. The molecule has 0 spiro atoms. The number of fused-ring (bicyclic) bond motifs is 3. The molecular formula is C24H26N4O2. The smallest absolute Gasteiger partial charge is 0.291 e. The van der Waals surface area contributed by atoms with Crippen molar-refractivity contribution in [2.24, 2.45) is 7.05 Å². The Morgan fingerprint density at radius 3 is 2.57 bits per heavy atom. The number of aromatic nitrogens is 3. The summed E-state index contributed by atoms with van der Waals surface area (Å²) >= 11 is 0. The van der Waals surface area contributed by atoms with Crippen molar-refractivity contribution in [1.82, 2.24) is 19.7 Å². The topological polar surface area (TPSA) is 68.9 Å². The largest absolute Gasteiger partial charge is 0.354 e. The highest BCUT2D eigenvalue weighted by atomic mass is 16.2.